The molecule has 0 N–H and O–H groups in total. The topological polar surface area (TPSA) is 41.5 Å². The van der Waals surface area contributed by atoms with Crippen LogP contribution in [0.3, 0.4) is 0 Å². The van der Waals surface area contributed by atoms with Gasteiger partial charge in [0.05, 0.1) is 12.6 Å². The Morgan fingerprint density at radius 3 is 2.34 bits per heavy atom. The lowest BCUT2D eigenvalue weighted by Crippen LogP contribution is -2.34. The van der Waals surface area contributed by atoms with Crippen molar-refractivity contribution in [3.05, 3.63) is 53.9 Å². The van der Waals surface area contributed by atoms with E-state index in [2.05, 4.69) is 52.3 Å². The average molecular weight is 429 g/mol. The van der Waals surface area contributed by atoms with Crippen LogP contribution >= 0.6 is 0 Å². The van der Waals surface area contributed by atoms with Gasteiger partial charge in [0.2, 0.25) is 0 Å². The molecular weight excluding hydrogens is 396 g/mol. The highest BCUT2D eigenvalue weighted by Crippen LogP contribution is 2.42. The summed E-state index contributed by atoms with van der Waals surface area (Å²) in [5.74, 6) is 4.32. The minimum Gasteiger partial charge on any atom is -0.496 e. The van der Waals surface area contributed by atoms with Crippen molar-refractivity contribution in [1.29, 1.82) is 0 Å². The van der Waals surface area contributed by atoms with Crippen LogP contribution in [-0.4, -0.2) is 43.3 Å². The van der Waals surface area contributed by atoms with Gasteiger partial charge in [-0.15, -0.1) is 0 Å². The molecule has 3 heterocycles. The van der Waals surface area contributed by atoms with E-state index in [0.29, 0.717) is 11.8 Å². The summed E-state index contributed by atoms with van der Waals surface area (Å²) in [6.45, 7) is 4.36. The molecule has 2 aliphatic heterocycles. The molecule has 3 aromatic rings. The van der Waals surface area contributed by atoms with Gasteiger partial charge in [-0.3, -0.25) is 0 Å². The highest BCUT2D eigenvalue weighted by atomic mass is 16.5. The maximum atomic E-state index is 5.64. The third kappa shape index (κ3) is 3.68. The van der Waals surface area contributed by atoms with Gasteiger partial charge in [0.1, 0.15) is 17.4 Å². The molecule has 32 heavy (non-hydrogen) atoms. The summed E-state index contributed by atoms with van der Waals surface area (Å²) in [7, 11) is 1.78. The molecule has 2 aromatic carbocycles. The Kier molecular flexibility index (Phi) is 5.12. The second-order valence-electron chi connectivity index (χ2n) is 9.58. The van der Waals surface area contributed by atoms with E-state index >= 15 is 0 Å². The van der Waals surface area contributed by atoms with Crippen molar-refractivity contribution in [2.45, 2.75) is 50.4 Å². The Morgan fingerprint density at radius 2 is 1.59 bits per heavy atom. The van der Waals surface area contributed by atoms with Crippen LogP contribution in [-0.2, 0) is 0 Å². The number of aromatic nitrogens is 2. The molecule has 5 nitrogen and oxygen atoms in total. The van der Waals surface area contributed by atoms with Gasteiger partial charge in [-0.25, -0.2) is 9.97 Å². The lowest BCUT2D eigenvalue weighted by molar-refractivity contribution is 0.397. The summed E-state index contributed by atoms with van der Waals surface area (Å²) in [5.41, 5.74) is 3.77. The van der Waals surface area contributed by atoms with E-state index in [4.69, 9.17) is 14.7 Å². The first kappa shape index (κ1) is 19.8. The number of hydrogen-bond donors (Lipinski definition) is 0. The van der Waals surface area contributed by atoms with Crippen molar-refractivity contribution in [3.8, 4) is 5.75 Å². The molecule has 0 amide bonds. The van der Waals surface area contributed by atoms with Crippen LogP contribution in [0.15, 0.2) is 42.5 Å². The molecule has 166 valence electrons. The zero-order chi connectivity index (χ0) is 21.5. The van der Waals surface area contributed by atoms with Gasteiger partial charge in [-0.1, -0.05) is 18.2 Å². The Bertz CT molecular complexity index is 1110. The standard InChI is InChI=1S/C27H32N4O/c1-32-25-7-3-2-6-22(25)19-12-16-31(17-13-19)27-23-18-21(30-14-4-5-15-30)10-11-24(23)28-26(29-27)20-8-9-20/h2-3,6-7,10-11,18-20H,4-5,8-9,12-17H2,1H3. The van der Waals surface area contributed by atoms with E-state index < -0.39 is 0 Å². The van der Waals surface area contributed by atoms with Crippen molar-refractivity contribution in [1.82, 2.24) is 9.97 Å². The molecule has 3 aliphatic rings. The van der Waals surface area contributed by atoms with Gasteiger partial charge in [0, 0.05) is 43.2 Å². The number of nitrogens with zero attached hydrogens (tertiary/aromatic N) is 4. The fourth-order valence-electron chi connectivity index (χ4n) is 5.46. The van der Waals surface area contributed by atoms with E-state index in [9.17, 15) is 0 Å². The fraction of sp³-hybridized carbons (Fsp3) is 0.481. The van der Waals surface area contributed by atoms with Gasteiger partial charge in [0.25, 0.3) is 0 Å². The molecule has 5 heteroatoms. The molecule has 1 aromatic heterocycles. The summed E-state index contributed by atoms with van der Waals surface area (Å²) >= 11 is 0. The number of hydrogen-bond acceptors (Lipinski definition) is 5. The molecular formula is C27H32N4O. The molecule has 0 atom stereocenters. The number of anilines is 2. The lowest BCUT2D eigenvalue weighted by atomic mass is 9.88. The van der Waals surface area contributed by atoms with Crippen LogP contribution < -0.4 is 14.5 Å². The smallest absolute Gasteiger partial charge is 0.140 e. The third-order valence-electron chi connectivity index (χ3n) is 7.46. The SMILES string of the molecule is COc1ccccc1C1CCN(c2nc(C3CC3)nc3ccc(N4CCCC4)cc23)CC1. The number of fused-ring (bicyclic) bond motifs is 1. The normalized spacial score (nSPS) is 19.7. The molecule has 2 saturated heterocycles. The fourth-order valence-corrected chi connectivity index (χ4v) is 5.46. The minimum atomic E-state index is 0.540. The molecule has 6 rings (SSSR count). The maximum absolute atomic E-state index is 5.64. The summed E-state index contributed by atoms with van der Waals surface area (Å²) in [6.07, 6.45) is 7.28. The van der Waals surface area contributed by atoms with E-state index in [1.54, 1.807) is 7.11 Å². The average Bonchev–Trinajstić information content (AvgIpc) is 3.57. The summed E-state index contributed by atoms with van der Waals surface area (Å²) in [6, 6.07) is 15.3. The highest BCUT2D eigenvalue weighted by Gasteiger charge is 2.30. The van der Waals surface area contributed by atoms with Gasteiger partial charge in [0.15, 0.2) is 0 Å². The third-order valence-corrected chi connectivity index (χ3v) is 7.46. The molecule has 0 spiro atoms. The van der Waals surface area contributed by atoms with E-state index in [0.717, 1.165) is 61.9 Å². The van der Waals surface area contributed by atoms with Crippen LogP contribution in [0.4, 0.5) is 11.5 Å². The van der Waals surface area contributed by atoms with Crippen LogP contribution in [0.1, 0.15) is 61.7 Å². The van der Waals surface area contributed by atoms with Crippen molar-refractivity contribution in [2.24, 2.45) is 0 Å². The summed E-state index contributed by atoms with van der Waals surface area (Å²) in [4.78, 5) is 15.1. The number of methoxy groups -OCH3 is 1. The van der Waals surface area contributed by atoms with Crippen LogP contribution in [0.5, 0.6) is 5.75 Å². The van der Waals surface area contributed by atoms with E-state index in [1.807, 2.05) is 0 Å². The molecule has 0 bridgehead atoms. The number of piperidine rings is 1. The number of para-hydroxylation sites is 1. The van der Waals surface area contributed by atoms with Gasteiger partial charge < -0.3 is 14.5 Å². The molecule has 1 aliphatic carbocycles. The van der Waals surface area contributed by atoms with Crippen LogP contribution in [0, 0.1) is 0 Å². The summed E-state index contributed by atoms with van der Waals surface area (Å²) < 4.78 is 5.64. The monoisotopic (exact) mass is 428 g/mol. The van der Waals surface area contributed by atoms with Gasteiger partial charge >= 0.3 is 0 Å². The second kappa shape index (κ2) is 8.27. The zero-order valence-electron chi connectivity index (χ0n) is 19.0. The zero-order valence-corrected chi connectivity index (χ0v) is 19.0. The lowest BCUT2D eigenvalue weighted by Gasteiger charge is -2.34. The summed E-state index contributed by atoms with van der Waals surface area (Å²) in [5, 5.41) is 1.22. The Balaban J connectivity index is 1.32. The highest BCUT2D eigenvalue weighted by molar-refractivity contribution is 5.92. The Hall–Kier alpha value is -2.82. The Morgan fingerprint density at radius 1 is 0.812 bits per heavy atom. The van der Waals surface area contributed by atoms with E-state index in [1.165, 1.54) is 42.3 Å². The van der Waals surface area contributed by atoms with Crippen LogP contribution in [0.25, 0.3) is 10.9 Å². The van der Waals surface area contributed by atoms with Gasteiger partial charge in [-0.2, -0.15) is 0 Å². The molecule has 1 saturated carbocycles. The van der Waals surface area contributed by atoms with Crippen molar-refractivity contribution in [3.63, 3.8) is 0 Å². The van der Waals surface area contributed by atoms with Crippen molar-refractivity contribution in [2.75, 3.05) is 43.1 Å². The van der Waals surface area contributed by atoms with E-state index in [-0.39, 0.29) is 0 Å². The van der Waals surface area contributed by atoms with Crippen molar-refractivity contribution < 1.29 is 4.74 Å². The predicted octanol–water partition coefficient (Wildman–Crippen LogP) is 5.50. The largest absolute Gasteiger partial charge is 0.496 e. The molecule has 0 unspecified atom stereocenters. The molecule has 3 fully saturated rings. The number of benzene rings is 2. The Labute approximate surface area is 190 Å². The first-order valence-corrected chi connectivity index (χ1v) is 12.2. The minimum absolute atomic E-state index is 0.540. The predicted molar refractivity (Wildman–Crippen MR) is 130 cm³/mol. The molecule has 0 radical (unpaired) electrons. The van der Waals surface area contributed by atoms with Crippen LogP contribution in [0.2, 0.25) is 0 Å². The number of ether oxygens (including phenoxy) is 1. The van der Waals surface area contributed by atoms with Gasteiger partial charge in [-0.05, 0) is 74.3 Å². The number of rotatable bonds is 5. The second-order valence-corrected chi connectivity index (χ2v) is 9.58. The van der Waals surface area contributed by atoms with Crippen molar-refractivity contribution >= 4 is 22.4 Å². The maximum Gasteiger partial charge on any atom is 0.140 e. The quantitative estimate of drug-likeness (QED) is 0.537. The first-order chi connectivity index (χ1) is 15.8. The first-order valence-electron chi connectivity index (χ1n) is 12.2.